The van der Waals surface area contributed by atoms with Crippen LogP contribution in [0, 0.1) is 6.92 Å². The maximum atomic E-state index is 10.8. The highest BCUT2D eigenvalue weighted by Crippen LogP contribution is 1.97. The Kier molecular flexibility index (Phi) is 3.19. The van der Waals surface area contributed by atoms with Crippen LogP contribution in [0.4, 0.5) is 0 Å². The first-order chi connectivity index (χ1) is 6.13. The number of hydrogen-bond acceptors (Lipinski definition) is 3. The van der Waals surface area contributed by atoms with Gasteiger partial charge in [-0.1, -0.05) is 6.92 Å². The number of rotatable bonds is 3. The molecule has 0 saturated carbocycles. The van der Waals surface area contributed by atoms with E-state index in [9.17, 15) is 9.90 Å². The molecule has 0 unspecified atom stereocenters. The molecule has 1 aromatic heterocycles. The molecule has 0 amide bonds. The zero-order valence-corrected chi connectivity index (χ0v) is 7.90. The van der Waals surface area contributed by atoms with Crippen LogP contribution in [0.5, 0.6) is 0 Å². The summed E-state index contributed by atoms with van der Waals surface area (Å²) in [6.07, 6.45) is 1.98. The number of aromatic nitrogens is 2. The van der Waals surface area contributed by atoms with Crippen molar-refractivity contribution in [2.24, 2.45) is 0 Å². The quantitative estimate of drug-likeness (QED) is 0.732. The van der Waals surface area contributed by atoms with Gasteiger partial charge in [-0.2, -0.15) is 4.98 Å². The molecule has 0 spiro atoms. The fraction of sp³-hybridized carbons (Fsp3) is 0.556. The summed E-state index contributed by atoms with van der Waals surface area (Å²) in [7, 11) is 0. The second-order valence-corrected chi connectivity index (χ2v) is 3.03. The van der Waals surface area contributed by atoms with E-state index < -0.39 is 0 Å². The van der Waals surface area contributed by atoms with Crippen LogP contribution in [-0.4, -0.2) is 20.8 Å². The molecular weight excluding hydrogens is 168 g/mol. The molecule has 4 nitrogen and oxygen atoms in total. The lowest BCUT2D eigenvalue weighted by atomic mass is 10.3. The molecule has 0 radical (unpaired) electrons. The summed E-state index contributed by atoms with van der Waals surface area (Å²) >= 11 is 0. The second kappa shape index (κ2) is 4.18. The third-order valence-electron chi connectivity index (χ3n) is 1.96. The van der Waals surface area contributed by atoms with Gasteiger partial charge in [-0.3, -0.25) is 4.79 Å². The van der Waals surface area contributed by atoms with Crippen molar-refractivity contribution in [3.63, 3.8) is 0 Å². The van der Waals surface area contributed by atoms with Crippen molar-refractivity contribution in [1.29, 1.82) is 0 Å². The highest BCUT2D eigenvalue weighted by Gasteiger charge is 2.03. The fourth-order valence-electron chi connectivity index (χ4n) is 1.07. The molecule has 1 heterocycles. The maximum absolute atomic E-state index is 10.8. The van der Waals surface area contributed by atoms with E-state index in [1.807, 2.05) is 6.92 Å². The van der Waals surface area contributed by atoms with Crippen molar-refractivity contribution in [2.45, 2.75) is 32.9 Å². The van der Waals surface area contributed by atoms with Gasteiger partial charge in [0, 0.05) is 18.8 Å². The van der Waals surface area contributed by atoms with Crippen LogP contribution in [0.25, 0.3) is 0 Å². The van der Waals surface area contributed by atoms with Gasteiger partial charge < -0.3 is 9.67 Å². The van der Waals surface area contributed by atoms with Gasteiger partial charge in [0.15, 0.2) is 0 Å². The number of aliphatic hydroxyl groups excluding tert-OH is 1. The molecule has 1 atom stereocenters. The van der Waals surface area contributed by atoms with Gasteiger partial charge in [0.1, 0.15) is 5.82 Å². The van der Waals surface area contributed by atoms with E-state index in [1.165, 1.54) is 6.07 Å². The van der Waals surface area contributed by atoms with Gasteiger partial charge in [0.25, 0.3) is 5.56 Å². The van der Waals surface area contributed by atoms with Crippen molar-refractivity contribution >= 4 is 0 Å². The molecule has 13 heavy (non-hydrogen) atoms. The van der Waals surface area contributed by atoms with Gasteiger partial charge in [0.2, 0.25) is 0 Å². The van der Waals surface area contributed by atoms with Crippen LogP contribution >= 0.6 is 0 Å². The molecule has 1 aromatic rings. The molecule has 0 bridgehead atoms. The molecule has 1 N–H and O–H groups in total. The minimum absolute atomic E-state index is 0.236. The Bertz CT molecular complexity index is 333. The van der Waals surface area contributed by atoms with Crippen molar-refractivity contribution in [3.05, 3.63) is 28.4 Å². The maximum Gasteiger partial charge on any atom is 0.272 e. The first-order valence-corrected chi connectivity index (χ1v) is 4.35. The van der Waals surface area contributed by atoms with Crippen LogP contribution in [0.15, 0.2) is 17.1 Å². The molecule has 4 heteroatoms. The third-order valence-corrected chi connectivity index (χ3v) is 1.96. The van der Waals surface area contributed by atoms with Gasteiger partial charge in [0.05, 0.1) is 6.10 Å². The van der Waals surface area contributed by atoms with E-state index in [0.717, 1.165) is 0 Å². The molecule has 0 saturated heterocycles. The van der Waals surface area contributed by atoms with Crippen LogP contribution in [0.1, 0.15) is 19.2 Å². The SMILES string of the molecule is CC[C@@H](O)Cn1ccc(=O)nc1C. The highest BCUT2D eigenvalue weighted by molar-refractivity contribution is 4.91. The monoisotopic (exact) mass is 182 g/mol. The zero-order chi connectivity index (χ0) is 9.84. The Balaban J connectivity index is 2.83. The van der Waals surface area contributed by atoms with E-state index >= 15 is 0 Å². The summed E-state index contributed by atoms with van der Waals surface area (Å²) in [4.78, 5) is 14.6. The molecule has 0 aliphatic rings. The third kappa shape index (κ3) is 2.66. The predicted octanol–water partition coefficient (Wildman–Crippen LogP) is 0.323. The molecule has 0 aliphatic carbocycles. The summed E-state index contributed by atoms with van der Waals surface area (Å²) in [6, 6.07) is 1.40. The summed E-state index contributed by atoms with van der Waals surface area (Å²) in [6.45, 7) is 4.16. The Morgan fingerprint density at radius 3 is 2.92 bits per heavy atom. The normalized spacial score (nSPS) is 12.8. The summed E-state index contributed by atoms with van der Waals surface area (Å²) in [5.74, 6) is 0.639. The lowest BCUT2D eigenvalue weighted by molar-refractivity contribution is 0.148. The molecular formula is C9H14N2O2. The standard InChI is InChI=1S/C9H14N2O2/c1-3-8(12)6-11-5-4-9(13)10-7(11)2/h4-5,8,12H,3,6H2,1-2H3/t8-/m1/s1. The van der Waals surface area contributed by atoms with Crippen molar-refractivity contribution in [2.75, 3.05) is 0 Å². The number of aliphatic hydroxyl groups is 1. The Hall–Kier alpha value is -1.16. The van der Waals surface area contributed by atoms with E-state index in [4.69, 9.17) is 0 Å². The van der Waals surface area contributed by atoms with E-state index in [0.29, 0.717) is 18.8 Å². The first kappa shape index (κ1) is 9.92. The lowest BCUT2D eigenvalue weighted by Gasteiger charge is -2.12. The Morgan fingerprint density at radius 2 is 2.38 bits per heavy atom. The first-order valence-electron chi connectivity index (χ1n) is 4.35. The second-order valence-electron chi connectivity index (χ2n) is 3.03. The molecule has 0 aliphatic heterocycles. The topological polar surface area (TPSA) is 55.1 Å². The zero-order valence-electron chi connectivity index (χ0n) is 7.90. The Labute approximate surface area is 76.9 Å². The summed E-state index contributed by atoms with van der Waals surface area (Å²) in [5.41, 5.74) is -0.236. The van der Waals surface area contributed by atoms with Crippen molar-refractivity contribution in [3.8, 4) is 0 Å². The van der Waals surface area contributed by atoms with Crippen LogP contribution in [0.3, 0.4) is 0 Å². The van der Waals surface area contributed by atoms with Gasteiger partial charge in [-0.05, 0) is 13.3 Å². The van der Waals surface area contributed by atoms with Gasteiger partial charge >= 0.3 is 0 Å². The van der Waals surface area contributed by atoms with Crippen LogP contribution in [0.2, 0.25) is 0 Å². The predicted molar refractivity (Wildman–Crippen MR) is 49.5 cm³/mol. The van der Waals surface area contributed by atoms with Crippen molar-refractivity contribution < 1.29 is 5.11 Å². The summed E-state index contributed by atoms with van der Waals surface area (Å²) in [5, 5.41) is 9.38. The number of nitrogens with zero attached hydrogens (tertiary/aromatic N) is 2. The largest absolute Gasteiger partial charge is 0.391 e. The van der Waals surface area contributed by atoms with E-state index in [2.05, 4.69) is 4.98 Å². The average molecular weight is 182 g/mol. The molecule has 72 valence electrons. The molecule has 1 rings (SSSR count). The highest BCUT2D eigenvalue weighted by atomic mass is 16.3. The van der Waals surface area contributed by atoms with Gasteiger partial charge in [-0.25, -0.2) is 0 Å². The number of hydrogen-bond donors (Lipinski definition) is 1. The average Bonchev–Trinajstić information content (AvgIpc) is 2.09. The number of aryl methyl sites for hydroxylation is 1. The smallest absolute Gasteiger partial charge is 0.272 e. The minimum atomic E-state index is -0.372. The fourth-order valence-corrected chi connectivity index (χ4v) is 1.07. The lowest BCUT2D eigenvalue weighted by Crippen LogP contribution is -2.20. The Morgan fingerprint density at radius 1 is 1.69 bits per heavy atom. The molecule has 0 aromatic carbocycles. The van der Waals surface area contributed by atoms with E-state index in [1.54, 1.807) is 17.7 Å². The van der Waals surface area contributed by atoms with Gasteiger partial charge in [-0.15, -0.1) is 0 Å². The molecule has 0 fully saturated rings. The van der Waals surface area contributed by atoms with E-state index in [-0.39, 0.29) is 11.7 Å². The van der Waals surface area contributed by atoms with Crippen molar-refractivity contribution in [1.82, 2.24) is 9.55 Å². The van der Waals surface area contributed by atoms with Crippen LogP contribution < -0.4 is 5.56 Å². The van der Waals surface area contributed by atoms with Crippen LogP contribution in [-0.2, 0) is 6.54 Å². The minimum Gasteiger partial charge on any atom is -0.391 e. The summed E-state index contributed by atoms with van der Waals surface area (Å²) < 4.78 is 1.77.